The first kappa shape index (κ1) is 16.7. The van der Waals surface area contributed by atoms with Crippen LogP contribution in [0.1, 0.15) is 26.3 Å². The van der Waals surface area contributed by atoms with E-state index in [4.69, 9.17) is 4.74 Å². The van der Waals surface area contributed by atoms with E-state index in [0.717, 1.165) is 5.56 Å². The molecule has 7 nitrogen and oxygen atoms in total. The summed E-state index contributed by atoms with van der Waals surface area (Å²) in [4.78, 5) is 26.7. The molecule has 1 heterocycles. The molecule has 0 unspecified atom stereocenters. The first-order valence-electron chi connectivity index (χ1n) is 6.74. The van der Waals surface area contributed by atoms with Gasteiger partial charge in [-0.2, -0.15) is 0 Å². The smallest absolute Gasteiger partial charge is 0.407 e. The van der Waals surface area contributed by atoms with E-state index < -0.39 is 11.7 Å². The summed E-state index contributed by atoms with van der Waals surface area (Å²) in [7, 11) is 0. The molecule has 21 heavy (non-hydrogen) atoms. The van der Waals surface area contributed by atoms with Crippen LogP contribution in [0.4, 0.5) is 9.59 Å². The van der Waals surface area contributed by atoms with E-state index in [1.54, 1.807) is 33.2 Å². The summed E-state index contributed by atoms with van der Waals surface area (Å²) in [6.07, 6.45) is 2.83. The summed E-state index contributed by atoms with van der Waals surface area (Å²) in [5.41, 5.74) is 0.436. The summed E-state index contributed by atoms with van der Waals surface area (Å²) in [6.45, 7) is 6.42. The summed E-state index contributed by atoms with van der Waals surface area (Å²) < 4.78 is 5.07. The third kappa shape index (κ3) is 8.46. The van der Waals surface area contributed by atoms with E-state index in [-0.39, 0.29) is 6.03 Å². The van der Waals surface area contributed by atoms with Crippen molar-refractivity contribution >= 4 is 12.1 Å². The first-order valence-corrected chi connectivity index (χ1v) is 6.74. The fourth-order valence-corrected chi connectivity index (χ4v) is 1.40. The van der Waals surface area contributed by atoms with Crippen molar-refractivity contribution in [3.8, 4) is 0 Å². The number of alkyl carbamates (subject to hydrolysis) is 1. The van der Waals surface area contributed by atoms with Gasteiger partial charge in [0.1, 0.15) is 5.60 Å². The number of nitrogens with zero attached hydrogens (tertiary/aromatic N) is 1. The highest BCUT2D eigenvalue weighted by atomic mass is 16.6. The molecule has 1 aromatic heterocycles. The number of carbonyl (C=O) groups excluding carboxylic acids is 2. The fourth-order valence-electron chi connectivity index (χ4n) is 1.40. The number of ether oxygens (including phenoxy) is 1. The molecule has 0 saturated carbocycles. The summed E-state index contributed by atoms with van der Waals surface area (Å²) in [5.74, 6) is 0. The molecule has 1 rings (SSSR count). The molecule has 0 aliphatic rings. The van der Waals surface area contributed by atoms with Gasteiger partial charge >= 0.3 is 12.1 Å². The zero-order valence-electron chi connectivity index (χ0n) is 12.6. The van der Waals surface area contributed by atoms with Crippen LogP contribution in [0.3, 0.4) is 0 Å². The molecule has 0 aromatic carbocycles. The molecule has 0 spiro atoms. The van der Waals surface area contributed by atoms with Gasteiger partial charge in [0.05, 0.1) is 0 Å². The van der Waals surface area contributed by atoms with Gasteiger partial charge in [0, 0.05) is 32.0 Å². The van der Waals surface area contributed by atoms with Crippen molar-refractivity contribution in [3.05, 3.63) is 30.1 Å². The van der Waals surface area contributed by atoms with Crippen molar-refractivity contribution in [2.45, 2.75) is 32.9 Å². The highest BCUT2D eigenvalue weighted by molar-refractivity contribution is 5.74. The van der Waals surface area contributed by atoms with E-state index in [9.17, 15) is 9.59 Å². The maximum Gasteiger partial charge on any atom is 0.407 e. The van der Waals surface area contributed by atoms with Crippen molar-refractivity contribution < 1.29 is 14.3 Å². The molecule has 0 bridgehead atoms. The molecule has 0 atom stereocenters. The molecule has 0 fully saturated rings. The third-order valence-electron chi connectivity index (χ3n) is 2.28. The Morgan fingerprint density at radius 3 is 2.33 bits per heavy atom. The second-order valence-electron chi connectivity index (χ2n) is 5.39. The van der Waals surface area contributed by atoms with Crippen LogP contribution in [0.15, 0.2) is 24.5 Å². The lowest BCUT2D eigenvalue weighted by Gasteiger charge is -2.19. The van der Waals surface area contributed by atoms with Crippen LogP contribution in [0.2, 0.25) is 0 Å². The molecule has 3 amide bonds. The highest BCUT2D eigenvalue weighted by Crippen LogP contribution is 2.05. The minimum Gasteiger partial charge on any atom is -0.444 e. The highest BCUT2D eigenvalue weighted by Gasteiger charge is 2.15. The lowest BCUT2D eigenvalue weighted by atomic mass is 10.2. The predicted molar refractivity (Wildman–Crippen MR) is 78.7 cm³/mol. The number of urea groups is 1. The molecule has 3 N–H and O–H groups in total. The van der Waals surface area contributed by atoms with Crippen molar-refractivity contribution in [1.29, 1.82) is 0 Å². The molecular weight excluding hydrogens is 272 g/mol. The van der Waals surface area contributed by atoms with Crippen LogP contribution in [-0.2, 0) is 11.3 Å². The van der Waals surface area contributed by atoms with Crippen LogP contribution in [0, 0.1) is 0 Å². The number of nitrogens with one attached hydrogen (secondary N) is 3. The van der Waals surface area contributed by atoms with Gasteiger partial charge in [-0.15, -0.1) is 0 Å². The van der Waals surface area contributed by atoms with E-state index >= 15 is 0 Å². The zero-order chi connectivity index (χ0) is 15.7. The van der Waals surface area contributed by atoms with Crippen LogP contribution in [0.5, 0.6) is 0 Å². The summed E-state index contributed by atoms with van der Waals surface area (Å²) >= 11 is 0. The second-order valence-corrected chi connectivity index (χ2v) is 5.39. The van der Waals surface area contributed by atoms with Crippen LogP contribution in [0.25, 0.3) is 0 Å². The van der Waals surface area contributed by atoms with Gasteiger partial charge in [-0.3, -0.25) is 4.98 Å². The van der Waals surface area contributed by atoms with Crippen molar-refractivity contribution in [2.75, 3.05) is 13.1 Å². The summed E-state index contributed by atoms with van der Waals surface area (Å²) in [5, 5.41) is 7.90. The number of hydrogen-bond donors (Lipinski definition) is 3. The Morgan fingerprint density at radius 1 is 1.10 bits per heavy atom. The Labute approximate surface area is 124 Å². The number of hydrogen-bond acceptors (Lipinski definition) is 4. The maximum absolute atomic E-state index is 11.5. The lowest BCUT2D eigenvalue weighted by Crippen LogP contribution is -2.41. The quantitative estimate of drug-likeness (QED) is 0.716. The van der Waals surface area contributed by atoms with E-state index in [1.165, 1.54) is 0 Å². The molecular formula is C14H22N4O3. The number of pyridine rings is 1. The van der Waals surface area contributed by atoms with Crippen LogP contribution in [-0.4, -0.2) is 35.8 Å². The third-order valence-corrected chi connectivity index (χ3v) is 2.28. The van der Waals surface area contributed by atoms with Crippen LogP contribution >= 0.6 is 0 Å². The van der Waals surface area contributed by atoms with Crippen LogP contribution < -0.4 is 16.0 Å². The topological polar surface area (TPSA) is 92.4 Å². The molecule has 0 radical (unpaired) electrons. The number of rotatable bonds is 5. The van der Waals surface area contributed by atoms with Gasteiger partial charge in [0.15, 0.2) is 0 Å². The normalized spacial score (nSPS) is 10.6. The van der Waals surface area contributed by atoms with Crippen molar-refractivity contribution in [2.24, 2.45) is 0 Å². The number of carbonyl (C=O) groups is 2. The monoisotopic (exact) mass is 294 g/mol. The maximum atomic E-state index is 11.5. The number of amides is 3. The lowest BCUT2D eigenvalue weighted by molar-refractivity contribution is 0.0528. The molecule has 0 aliphatic carbocycles. The SMILES string of the molecule is CC(C)(C)OC(=O)NCCNC(=O)NCc1ccncc1. The predicted octanol–water partition coefficient (Wildman–Crippen LogP) is 1.41. The molecule has 0 aliphatic heterocycles. The minimum atomic E-state index is -0.528. The van der Waals surface area contributed by atoms with E-state index in [0.29, 0.717) is 19.6 Å². The largest absolute Gasteiger partial charge is 0.444 e. The van der Waals surface area contributed by atoms with E-state index in [2.05, 4.69) is 20.9 Å². The Balaban J connectivity index is 2.10. The molecule has 7 heteroatoms. The van der Waals surface area contributed by atoms with Gasteiger partial charge in [0.25, 0.3) is 0 Å². The Kier molecular flexibility index (Phi) is 6.45. The van der Waals surface area contributed by atoms with Crippen molar-refractivity contribution in [1.82, 2.24) is 20.9 Å². The first-order chi connectivity index (χ1) is 9.87. The average Bonchev–Trinajstić information content (AvgIpc) is 2.40. The fraction of sp³-hybridized carbons (Fsp3) is 0.500. The van der Waals surface area contributed by atoms with Gasteiger partial charge in [-0.05, 0) is 38.5 Å². The Hall–Kier alpha value is -2.31. The standard InChI is InChI=1S/C14H22N4O3/c1-14(2,3)21-13(20)17-9-8-16-12(19)18-10-11-4-6-15-7-5-11/h4-7H,8-10H2,1-3H3,(H,17,20)(H2,16,18,19). The molecule has 116 valence electrons. The van der Waals surface area contributed by atoms with Gasteiger partial charge in [0.2, 0.25) is 0 Å². The second kappa shape index (κ2) is 8.08. The zero-order valence-corrected chi connectivity index (χ0v) is 12.6. The average molecular weight is 294 g/mol. The van der Waals surface area contributed by atoms with Gasteiger partial charge in [-0.1, -0.05) is 0 Å². The molecule has 1 aromatic rings. The van der Waals surface area contributed by atoms with Gasteiger partial charge in [-0.25, -0.2) is 9.59 Å². The minimum absolute atomic E-state index is 0.294. The van der Waals surface area contributed by atoms with E-state index in [1.807, 2.05) is 12.1 Å². The van der Waals surface area contributed by atoms with Crippen molar-refractivity contribution in [3.63, 3.8) is 0 Å². The van der Waals surface area contributed by atoms with Gasteiger partial charge < -0.3 is 20.7 Å². The summed E-state index contributed by atoms with van der Waals surface area (Å²) in [6, 6.07) is 3.35. The number of aromatic nitrogens is 1. The Bertz CT molecular complexity index is 457. The molecule has 0 saturated heterocycles. The Morgan fingerprint density at radius 2 is 1.71 bits per heavy atom.